The maximum absolute atomic E-state index is 6.37. The van der Waals surface area contributed by atoms with Crippen LogP contribution in [0.5, 0.6) is 0 Å². The molecule has 0 unspecified atom stereocenters. The molecule has 0 heterocycles. The Morgan fingerprint density at radius 1 is 0.941 bits per heavy atom. The topological polar surface area (TPSA) is 9.23 Å². The van der Waals surface area contributed by atoms with Crippen molar-refractivity contribution in [3.05, 3.63) is 0 Å². The predicted molar refractivity (Wildman–Crippen MR) is 79.0 cm³/mol. The molecule has 1 aliphatic rings. The fraction of sp³-hybridized carbons (Fsp3) is 1.00. The van der Waals surface area contributed by atoms with Crippen LogP contribution in [0.4, 0.5) is 0 Å². The van der Waals surface area contributed by atoms with E-state index in [1.807, 2.05) is 0 Å². The first kappa shape index (κ1) is 15.2. The zero-order valence-electron chi connectivity index (χ0n) is 12.6. The second kappa shape index (κ2) is 6.37. The van der Waals surface area contributed by atoms with E-state index in [1.165, 1.54) is 44.9 Å². The van der Waals surface area contributed by atoms with E-state index in [2.05, 4.69) is 33.9 Å². The van der Waals surface area contributed by atoms with E-state index < -0.39 is 8.32 Å². The minimum atomic E-state index is -1.52. The van der Waals surface area contributed by atoms with Crippen molar-refractivity contribution in [3.8, 4) is 0 Å². The van der Waals surface area contributed by atoms with Gasteiger partial charge in [-0.1, -0.05) is 52.9 Å². The summed E-state index contributed by atoms with van der Waals surface area (Å²) in [6.45, 7) is 12.8. The van der Waals surface area contributed by atoms with E-state index in [1.54, 1.807) is 0 Å². The largest absolute Gasteiger partial charge is 0.417 e. The molecular weight excluding hydrogens is 224 g/mol. The molecule has 0 radical (unpaired) electrons. The average molecular weight is 257 g/mol. The molecule has 0 atom stereocenters. The van der Waals surface area contributed by atoms with E-state index in [4.69, 9.17) is 4.43 Å². The lowest BCUT2D eigenvalue weighted by Crippen LogP contribution is -2.42. The third-order valence-electron chi connectivity index (χ3n) is 4.71. The lowest BCUT2D eigenvalue weighted by atomic mass is 9.92. The minimum absolute atomic E-state index is 0.356. The molecule has 17 heavy (non-hydrogen) atoms. The maximum atomic E-state index is 6.37. The van der Waals surface area contributed by atoms with E-state index in [0.717, 1.165) is 12.5 Å². The van der Waals surface area contributed by atoms with Gasteiger partial charge in [0, 0.05) is 6.61 Å². The monoisotopic (exact) mass is 256 g/mol. The average Bonchev–Trinajstić information content (AvgIpc) is 2.14. The van der Waals surface area contributed by atoms with Gasteiger partial charge in [-0.25, -0.2) is 0 Å². The van der Waals surface area contributed by atoms with Crippen molar-refractivity contribution in [2.45, 2.75) is 83.8 Å². The van der Waals surface area contributed by atoms with Crippen LogP contribution in [-0.4, -0.2) is 14.9 Å². The second-order valence-electron chi connectivity index (χ2n) is 7.28. The smallest absolute Gasteiger partial charge is 0.191 e. The summed E-state index contributed by atoms with van der Waals surface area (Å²) in [5, 5.41) is 0.356. The highest BCUT2D eigenvalue weighted by atomic mass is 28.4. The molecule has 1 saturated carbocycles. The highest BCUT2D eigenvalue weighted by Crippen LogP contribution is 2.37. The molecule has 1 rings (SSSR count). The Hall–Kier alpha value is 0.177. The third kappa shape index (κ3) is 5.13. The highest BCUT2D eigenvalue weighted by molar-refractivity contribution is 6.74. The molecule has 1 aliphatic carbocycles. The maximum Gasteiger partial charge on any atom is 0.191 e. The van der Waals surface area contributed by atoms with Gasteiger partial charge in [-0.15, -0.1) is 0 Å². The number of hydrogen-bond acceptors (Lipinski definition) is 1. The molecule has 102 valence electrons. The van der Waals surface area contributed by atoms with Crippen molar-refractivity contribution in [1.29, 1.82) is 0 Å². The predicted octanol–water partition coefficient (Wildman–Crippen LogP) is 5.37. The lowest BCUT2D eigenvalue weighted by molar-refractivity contribution is 0.202. The van der Waals surface area contributed by atoms with Gasteiger partial charge in [0.15, 0.2) is 8.32 Å². The van der Waals surface area contributed by atoms with Gasteiger partial charge in [-0.2, -0.15) is 0 Å². The summed E-state index contributed by atoms with van der Waals surface area (Å²) in [5.74, 6) is 0.837. The van der Waals surface area contributed by atoms with Crippen molar-refractivity contribution in [2.24, 2.45) is 5.92 Å². The standard InChI is InChI=1S/C15H32OSi/c1-15(2,3)17(4,5)16-13-14-11-9-7-6-8-10-12-14/h14H,6-13H2,1-5H3. The molecule has 0 aromatic heterocycles. The van der Waals surface area contributed by atoms with Gasteiger partial charge in [-0.3, -0.25) is 0 Å². The van der Waals surface area contributed by atoms with Crippen LogP contribution in [0.3, 0.4) is 0 Å². The van der Waals surface area contributed by atoms with Gasteiger partial charge in [0.2, 0.25) is 0 Å². The van der Waals surface area contributed by atoms with Crippen LogP contribution in [0.15, 0.2) is 0 Å². The molecule has 0 saturated heterocycles. The SMILES string of the molecule is CC(C)(C)[Si](C)(C)OCC1CCCCCCC1. The highest BCUT2D eigenvalue weighted by Gasteiger charge is 2.37. The van der Waals surface area contributed by atoms with Crippen molar-refractivity contribution < 1.29 is 4.43 Å². The fourth-order valence-electron chi connectivity index (χ4n) is 2.25. The summed E-state index contributed by atoms with van der Waals surface area (Å²) in [5.41, 5.74) is 0. The third-order valence-corrected chi connectivity index (χ3v) is 9.21. The molecule has 0 aromatic rings. The first-order valence-electron chi connectivity index (χ1n) is 7.47. The van der Waals surface area contributed by atoms with Crippen LogP contribution in [0.2, 0.25) is 18.1 Å². The summed E-state index contributed by atoms with van der Waals surface area (Å²) in [4.78, 5) is 0. The quantitative estimate of drug-likeness (QED) is 0.617. The number of hydrogen-bond donors (Lipinski definition) is 0. The second-order valence-corrected chi connectivity index (χ2v) is 12.1. The summed E-state index contributed by atoms with van der Waals surface area (Å²) >= 11 is 0. The Bertz CT molecular complexity index is 209. The summed E-state index contributed by atoms with van der Waals surface area (Å²) in [6, 6.07) is 0. The van der Waals surface area contributed by atoms with Crippen LogP contribution in [0.25, 0.3) is 0 Å². The minimum Gasteiger partial charge on any atom is -0.417 e. The molecular formula is C15H32OSi. The molecule has 0 aliphatic heterocycles. The van der Waals surface area contributed by atoms with Crippen LogP contribution in [0.1, 0.15) is 65.7 Å². The normalized spacial score (nSPS) is 21.0. The molecule has 0 N–H and O–H groups in total. The Balaban J connectivity index is 2.37. The van der Waals surface area contributed by atoms with Gasteiger partial charge in [0.25, 0.3) is 0 Å². The molecule has 0 spiro atoms. The van der Waals surface area contributed by atoms with Gasteiger partial charge in [0.05, 0.1) is 0 Å². The summed E-state index contributed by atoms with van der Waals surface area (Å²) in [7, 11) is -1.52. The van der Waals surface area contributed by atoms with Gasteiger partial charge < -0.3 is 4.43 Å². The van der Waals surface area contributed by atoms with E-state index in [-0.39, 0.29) is 0 Å². The van der Waals surface area contributed by atoms with Crippen LogP contribution in [0, 0.1) is 5.92 Å². The molecule has 0 amide bonds. The van der Waals surface area contributed by atoms with Crippen LogP contribution in [-0.2, 0) is 4.43 Å². The Morgan fingerprint density at radius 3 is 1.88 bits per heavy atom. The molecule has 1 fully saturated rings. The zero-order valence-corrected chi connectivity index (χ0v) is 13.6. The van der Waals surface area contributed by atoms with E-state index >= 15 is 0 Å². The molecule has 1 nitrogen and oxygen atoms in total. The van der Waals surface area contributed by atoms with Crippen LogP contribution >= 0.6 is 0 Å². The number of rotatable bonds is 3. The lowest BCUT2D eigenvalue weighted by Gasteiger charge is -2.37. The molecule has 0 aromatic carbocycles. The summed E-state index contributed by atoms with van der Waals surface area (Å²) < 4.78 is 6.37. The van der Waals surface area contributed by atoms with Crippen molar-refractivity contribution in [3.63, 3.8) is 0 Å². The van der Waals surface area contributed by atoms with Gasteiger partial charge in [-0.05, 0) is 36.9 Å². The Labute approximate surface area is 109 Å². The Morgan fingerprint density at radius 2 is 1.41 bits per heavy atom. The van der Waals surface area contributed by atoms with E-state index in [0.29, 0.717) is 5.04 Å². The van der Waals surface area contributed by atoms with E-state index in [9.17, 15) is 0 Å². The van der Waals surface area contributed by atoms with Crippen molar-refractivity contribution in [1.82, 2.24) is 0 Å². The van der Waals surface area contributed by atoms with Crippen molar-refractivity contribution in [2.75, 3.05) is 6.61 Å². The first-order valence-corrected chi connectivity index (χ1v) is 10.4. The van der Waals surface area contributed by atoms with Gasteiger partial charge >= 0.3 is 0 Å². The Kier molecular flexibility index (Phi) is 5.71. The van der Waals surface area contributed by atoms with Crippen molar-refractivity contribution >= 4 is 8.32 Å². The zero-order chi connectivity index (χ0) is 12.9. The van der Waals surface area contributed by atoms with Crippen LogP contribution < -0.4 is 0 Å². The van der Waals surface area contributed by atoms with Gasteiger partial charge in [0.1, 0.15) is 0 Å². The molecule has 2 heteroatoms. The summed E-state index contributed by atoms with van der Waals surface area (Å²) in [6.07, 6.45) is 9.98. The fourth-order valence-corrected chi connectivity index (χ4v) is 3.34. The molecule has 0 bridgehead atoms. The first-order chi connectivity index (χ1) is 7.83.